The Hall–Kier alpha value is -2.93. The van der Waals surface area contributed by atoms with Crippen LogP contribution >= 0.6 is 0 Å². The number of nitrogens with one attached hydrogen (secondary N) is 1. The van der Waals surface area contributed by atoms with Crippen molar-refractivity contribution in [3.05, 3.63) is 58.0 Å². The zero-order valence-electron chi connectivity index (χ0n) is 18.5. The molecule has 0 spiro atoms. The van der Waals surface area contributed by atoms with E-state index in [0.29, 0.717) is 16.7 Å². The molecule has 4 rings (SSSR count). The summed E-state index contributed by atoms with van der Waals surface area (Å²) in [6.07, 6.45) is 6.44. The van der Waals surface area contributed by atoms with Crippen LogP contribution < -0.4 is 16.6 Å². The molecule has 1 unspecified atom stereocenters. The van der Waals surface area contributed by atoms with E-state index < -0.39 is 0 Å². The van der Waals surface area contributed by atoms with Gasteiger partial charge in [0, 0.05) is 19.3 Å². The van der Waals surface area contributed by atoms with Crippen LogP contribution in [0.2, 0.25) is 0 Å². The number of rotatable bonds is 8. The molecule has 0 bridgehead atoms. The molecule has 1 fully saturated rings. The van der Waals surface area contributed by atoms with Crippen LogP contribution in [0.15, 0.2) is 41.3 Å². The Balaban J connectivity index is 1.62. The number of anilines is 2. The maximum Gasteiger partial charge on any atom is 0.264 e. The Morgan fingerprint density at radius 2 is 1.87 bits per heavy atom. The Bertz CT molecular complexity index is 1090. The van der Waals surface area contributed by atoms with Crippen molar-refractivity contribution in [1.82, 2.24) is 19.4 Å². The molecule has 0 radical (unpaired) electrons. The molecule has 7 nitrogen and oxygen atoms in total. The minimum atomic E-state index is -0.106. The zero-order valence-corrected chi connectivity index (χ0v) is 18.5. The van der Waals surface area contributed by atoms with Crippen LogP contribution in [0.4, 0.5) is 11.8 Å². The van der Waals surface area contributed by atoms with Crippen LogP contribution in [0.5, 0.6) is 0 Å². The lowest BCUT2D eigenvalue weighted by Gasteiger charge is -2.19. The summed E-state index contributed by atoms with van der Waals surface area (Å²) < 4.78 is 1.75. The summed E-state index contributed by atoms with van der Waals surface area (Å²) in [5.41, 5.74) is 8.75. The molecule has 0 saturated carbocycles. The third-order valence-electron chi connectivity index (χ3n) is 6.10. The number of benzene rings is 1. The number of hydrogen-bond donors (Lipinski definition) is 2. The van der Waals surface area contributed by atoms with Crippen LogP contribution in [0, 0.1) is 0 Å². The van der Waals surface area contributed by atoms with Crippen molar-refractivity contribution >= 4 is 22.7 Å². The van der Waals surface area contributed by atoms with Crippen molar-refractivity contribution in [2.45, 2.75) is 52.1 Å². The van der Waals surface area contributed by atoms with Crippen LogP contribution in [-0.2, 0) is 6.54 Å². The number of hydrogen-bond acceptors (Lipinski definition) is 6. The molecule has 0 amide bonds. The molecule has 1 aliphatic rings. The second kappa shape index (κ2) is 9.47. The zero-order chi connectivity index (χ0) is 21.8. The summed E-state index contributed by atoms with van der Waals surface area (Å²) in [7, 11) is 0. The highest BCUT2D eigenvalue weighted by Gasteiger charge is 2.17. The molecule has 1 atom stereocenters. The first-order chi connectivity index (χ1) is 15.1. The first-order valence-electron chi connectivity index (χ1n) is 11.3. The highest BCUT2D eigenvalue weighted by Crippen LogP contribution is 2.22. The molecule has 1 aromatic carbocycles. The molecule has 2 aromatic heterocycles. The molecular formula is C24H32N6O. The predicted molar refractivity (Wildman–Crippen MR) is 126 cm³/mol. The van der Waals surface area contributed by atoms with E-state index in [-0.39, 0.29) is 17.5 Å². The summed E-state index contributed by atoms with van der Waals surface area (Å²) in [4.78, 5) is 24.5. The van der Waals surface area contributed by atoms with E-state index in [1.54, 1.807) is 10.8 Å². The summed E-state index contributed by atoms with van der Waals surface area (Å²) in [6.45, 7) is 8.28. The third-order valence-corrected chi connectivity index (χ3v) is 6.10. The lowest BCUT2D eigenvalue weighted by atomic mass is 10.1. The smallest absolute Gasteiger partial charge is 0.264 e. The number of fused-ring (bicyclic) bond motifs is 1. The van der Waals surface area contributed by atoms with Crippen LogP contribution in [0.1, 0.15) is 56.7 Å². The second-order valence-corrected chi connectivity index (χ2v) is 8.40. The highest BCUT2D eigenvalue weighted by atomic mass is 16.1. The molecule has 31 heavy (non-hydrogen) atoms. The maximum absolute atomic E-state index is 13.4. The fourth-order valence-electron chi connectivity index (χ4n) is 4.25. The first-order valence-corrected chi connectivity index (χ1v) is 11.3. The fourth-order valence-corrected chi connectivity index (χ4v) is 4.25. The van der Waals surface area contributed by atoms with Gasteiger partial charge in [0.25, 0.3) is 5.56 Å². The summed E-state index contributed by atoms with van der Waals surface area (Å²) in [6, 6.07) is 10.4. The number of nitrogens with two attached hydrogens (primary N) is 1. The molecule has 3 heterocycles. The third kappa shape index (κ3) is 4.71. The van der Waals surface area contributed by atoms with Crippen LogP contribution in [0.3, 0.4) is 0 Å². The van der Waals surface area contributed by atoms with Gasteiger partial charge in [0.1, 0.15) is 11.2 Å². The van der Waals surface area contributed by atoms with E-state index in [1.165, 1.54) is 31.5 Å². The standard InChI is InChI=1S/C24H32N6O/c1-3-4-12-26-22-21-20(27-24(25)28-22)11-15-30(23(21)31)17(2)19-9-7-18(8-10-19)16-29-13-5-6-14-29/h7-11,15,17H,3-6,12-14,16H2,1-2H3,(H3,25,26,27,28). The Kier molecular flexibility index (Phi) is 6.51. The summed E-state index contributed by atoms with van der Waals surface area (Å²) >= 11 is 0. The van der Waals surface area contributed by atoms with Gasteiger partial charge in [0.05, 0.1) is 11.6 Å². The lowest BCUT2D eigenvalue weighted by molar-refractivity contribution is 0.331. The molecule has 1 saturated heterocycles. The average molecular weight is 421 g/mol. The van der Waals surface area contributed by atoms with Crippen LogP contribution in [-0.4, -0.2) is 39.1 Å². The number of nitrogens with zero attached hydrogens (tertiary/aromatic N) is 4. The first kappa shape index (κ1) is 21.3. The molecule has 3 aromatic rings. The van der Waals surface area contributed by atoms with E-state index in [0.717, 1.165) is 31.5 Å². The van der Waals surface area contributed by atoms with Gasteiger partial charge in [0.2, 0.25) is 5.95 Å². The number of nitrogen functional groups attached to an aromatic ring is 1. The molecule has 7 heteroatoms. The monoisotopic (exact) mass is 420 g/mol. The van der Waals surface area contributed by atoms with E-state index in [1.807, 2.05) is 13.0 Å². The van der Waals surface area contributed by atoms with Crippen LogP contribution in [0.25, 0.3) is 10.9 Å². The van der Waals surface area contributed by atoms with Gasteiger partial charge < -0.3 is 15.6 Å². The van der Waals surface area contributed by atoms with Gasteiger partial charge in [-0.25, -0.2) is 4.98 Å². The normalized spacial score (nSPS) is 15.4. The Morgan fingerprint density at radius 1 is 1.13 bits per heavy atom. The van der Waals surface area contributed by atoms with Gasteiger partial charge >= 0.3 is 0 Å². The lowest BCUT2D eigenvalue weighted by Crippen LogP contribution is -2.25. The molecule has 1 aliphatic heterocycles. The van der Waals surface area contributed by atoms with Gasteiger partial charge in [-0.3, -0.25) is 9.69 Å². The SMILES string of the molecule is CCCCNc1nc(N)nc2ccn(C(C)c3ccc(CN4CCCC4)cc3)c(=O)c12. The average Bonchev–Trinajstić information content (AvgIpc) is 3.27. The number of pyridine rings is 1. The maximum atomic E-state index is 13.4. The van der Waals surface area contributed by atoms with Crippen molar-refractivity contribution in [2.24, 2.45) is 0 Å². The fraction of sp³-hybridized carbons (Fsp3) is 0.458. The molecule has 0 aliphatic carbocycles. The van der Waals surface area contributed by atoms with Gasteiger partial charge in [0.15, 0.2) is 0 Å². The minimum Gasteiger partial charge on any atom is -0.369 e. The quantitative estimate of drug-likeness (QED) is 0.539. The summed E-state index contributed by atoms with van der Waals surface area (Å²) in [5.74, 6) is 0.689. The predicted octanol–water partition coefficient (Wildman–Crippen LogP) is 3.79. The Morgan fingerprint density at radius 3 is 2.58 bits per heavy atom. The molecule has 3 N–H and O–H groups in total. The van der Waals surface area contributed by atoms with Crippen molar-refractivity contribution in [3.63, 3.8) is 0 Å². The van der Waals surface area contributed by atoms with Gasteiger partial charge in [-0.1, -0.05) is 37.6 Å². The van der Waals surface area contributed by atoms with E-state index in [4.69, 9.17) is 5.73 Å². The Labute approximate surface area is 183 Å². The van der Waals surface area contributed by atoms with E-state index in [9.17, 15) is 4.79 Å². The van der Waals surface area contributed by atoms with Gasteiger partial charge in [-0.05, 0) is 56.5 Å². The van der Waals surface area contributed by atoms with Crippen molar-refractivity contribution in [3.8, 4) is 0 Å². The molecular weight excluding hydrogens is 388 g/mol. The minimum absolute atomic E-state index is 0.0984. The van der Waals surface area contributed by atoms with Gasteiger partial charge in [-0.2, -0.15) is 4.98 Å². The number of unbranched alkanes of at least 4 members (excludes halogenated alkanes) is 1. The van der Waals surface area contributed by atoms with Crippen molar-refractivity contribution in [2.75, 3.05) is 30.7 Å². The number of likely N-dealkylation sites (tertiary alicyclic amines) is 1. The van der Waals surface area contributed by atoms with E-state index >= 15 is 0 Å². The second-order valence-electron chi connectivity index (χ2n) is 8.40. The summed E-state index contributed by atoms with van der Waals surface area (Å²) in [5, 5.41) is 3.76. The highest BCUT2D eigenvalue weighted by molar-refractivity contribution is 5.89. The van der Waals surface area contributed by atoms with Crippen molar-refractivity contribution in [1.29, 1.82) is 0 Å². The van der Waals surface area contributed by atoms with Crippen molar-refractivity contribution < 1.29 is 0 Å². The van der Waals surface area contributed by atoms with Gasteiger partial charge in [-0.15, -0.1) is 0 Å². The topological polar surface area (TPSA) is 89.1 Å². The molecule has 164 valence electrons. The largest absolute Gasteiger partial charge is 0.369 e. The number of aromatic nitrogens is 3. The van der Waals surface area contributed by atoms with E-state index in [2.05, 4.69) is 51.4 Å².